The van der Waals surface area contributed by atoms with Crippen LogP contribution in [0.1, 0.15) is 30.9 Å². The molecule has 0 bridgehead atoms. The number of hydrogen-bond acceptors (Lipinski definition) is 4. The number of rotatable bonds is 1. The van der Waals surface area contributed by atoms with Crippen molar-refractivity contribution in [2.75, 3.05) is 13.2 Å². The molecule has 5 heteroatoms. The van der Waals surface area contributed by atoms with E-state index >= 15 is 0 Å². The van der Waals surface area contributed by atoms with Gasteiger partial charge in [0.25, 0.3) is 0 Å². The van der Waals surface area contributed by atoms with Gasteiger partial charge in [0.1, 0.15) is 0 Å². The maximum absolute atomic E-state index is 11.6. The van der Waals surface area contributed by atoms with Gasteiger partial charge in [0, 0.05) is 30.9 Å². The van der Waals surface area contributed by atoms with Gasteiger partial charge in [-0.05, 0) is 12.8 Å². The molecule has 16 heavy (non-hydrogen) atoms. The molecule has 2 aliphatic rings. The summed E-state index contributed by atoms with van der Waals surface area (Å²) in [5.74, 6) is 0.384. The Kier molecular flexibility index (Phi) is 2.44. The third-order valence-corrected chi connectivity index (χ3v) is 4.24. The first-order valence-electron chi connectivity index (χ1n) is 5.57. The maximum Gasteiger partial charge on any atom is 0.221 e. The summed E-state index contributed by atoms with van der Waals surface area (Å²) in [5, 5.41) is 5.21. The Bertz CT molecular complexity index is 385. The Hall–Kier alpha value is -0.940. The zero-order valence-electron chi connectivity index (χ0n) is 8.94. The summed E-state index contributed by atoms with van der Waals surface area (Å²) >= 11 is 1.59. The fraction of sp³-hybridized carbons (Fsp3) is 0.636. The van der Waals surface area contributed by atoms with Crippen molar-refractivity contribution in [2.45, 2.75) is 30.7 Å². The summed E-state index contributed by atoms with van der Waals surface area (Å²) in [6.45, 7) is 1.47. The van der Waals surface area contributed by atoms with Crippen LogP contribution in [0.25, 0.3) is 0 Å². The number of carbonyl (C=O) groups is 1. The molecule has 0 radical (unpaired) electrons. The van der Waals surface area contributed by atoms with E-state index in [0.717, 1.165) is 31.7 Å². The molecule has 0 saturated carbocycles. The fourth-order valence-corrected chi connectivity index (χ4v) is 3.40. The van der Waals surface area contributed by atoms with Gasteiger partial charge >= 0.3 is 0 Å². The predicted octanol–water partition coefficient (Wildman–Crippen LogP) is 1.30. The zero-order valence-corrected chi connectivity index (χ0v) is 9.76. The van der Waals surface area contributed by atoms with E-state index in [1.807, 2.05) is 5.51 Å². The Balaban J connectivity index is 1.93. The predicted molar refractivity (Wildman–Crippen MR) is 60.4 cm³/mol. The van der Waals surface area contributed by atoms with Crippen LogP contribution in [0.5, 0.6) is 0 Å². The summed E-state index contributed by atoms with van der Waals surface area (Å²) in [4.78, 5) is 16.0. The van der Waals surface area contributed by atoms with Crippen LogP contribution >= 0.6 is 11.3 Å². The van der Waals surface area contributed by atoms with Crippen molar-refractivity contribution in [1.82, 2.24) is 10.3 Å². The van der Waals surface area contributed by atoms with Gasteiger partial charge in [-0.2, -0.15) is 0 Å². The third-order valence-electron chi connectivity index (χ3n) is 3.64. The molecule has 4 nitrogen and oxygen atoms in total. The highest BCUT2D eigenvalue weighted by Crippen LogP contribution is 2.42. The van der Waals surface area contributed by atoms with Gasteiger partial charge in [-0.1, -0.05) is 0 Å². The van der Waals surface area contributed by atoms with Gasteiger partial charge in [0.2, 0.25) is 5.91 Å². The van der Waals surface area contributed by atoms with E-state index in [0.29, 0.717) is 6.42 Å². The first-order chi connectivity index (χ1) is 7.80. The summed E-state index contributed by atoms with van der Waals surface area (Å²) in [7, 11) is 0. The van der Waals surface area contributed by atoms with Crippen molar-refractivity contribution in [2.24, 2.45) is 0 Å². The molecule has 0 aromatic carbocycles. The van der Waals surface area contributed by atoms with Crippen LogP contribution in [0, 0.1) is 0 Å². The molecule has 2 fully saturated rings. The van der Waals surface area contributed by atoms with E-state index < -0.39 is 0 Å². The lowest BCUT2D eigenvalue weighted by Crippen LogP contribution is -2.49. The van der Waals surface area contributed by atoms with E-state index in [-0.39, 0.29) is 17.4 Å². The Labute approximate surface area is 98.0 Å². The summed E-state index contributed by atoms with van der Waals surface area (Å²) < 4.78 is 5.39. The molecule has 1 amide bonds. The number of thiazole rings is 1. The molecule has 1 unspecified atom stereocenters. The van der Waals surface area contributed by atoms with Crippen molar-refractivity contribution in [3.05, 3.63) is 16.6 Å². The molecule has 2 saturated heterocycles. The molecule has 1 aromatic heterocycles. The van der Waals surface area contributed by atoms with Crippen molar-refractivity contribution in [3.63, 3.8) is 0 Å². The number of hydrogen-bond donors (Lipinski definition) is 1. The van der Waals surface area contributed by atoms with Crippen LogP contribution < -0.4 is 5.32 Å². The minimum Gasteiger partial charge on any atom is -0.381 e. The molecule has 1 atom stereocenters. The van der Waals surface area contributed by atoms with Crippen LogP contribution in [0.4, 0.5) is 0 Å². The average molecular weight is 238 g/mol. The van der Waals surface area contributed by atoms with Gasteiger partial charge in [-0.3, -0.25) is 4.79 Å². The van der Waals surface area contributed by atoms with Crippen molar-refractivity contribution in [3.8, 4) is 0 Å². The van der Waals surface area contributed by atoms with Crippen molar-refractivity contribution < 1.29 is 9.53 Å². The molecule has 3 rings (SSSR count). The van der Waals surface area contributed by atoms with Gasteiger partial charge < -0.3 is 10.1 Å². The first-order valence-corrected chi connectivity index (χ1v) is 6.51. The monoisotopic (exact) mass is 238 g/mol. The van der Waals surface area contributed by atoms with Gasteiger partial charge in [-0.15, -0.1) is 11.3 Å². The zero-order chi connectivity index (χ0) is 11.0. The lowest BCUT2D eigenvalue weighted by Gasteiger charge is -2.37. The maximum atomic E-state index is 11.6. The molecule has 1 N–H and O–H groups in total. The number of carbonyl (C=O) groups excluding carboxylic acids is 1. The summed E-state index contributed by atoms with van der Waals surface area (Å²) in [5.41, 5.74) is 2.81. The molecule has 3 heterocycles. The summed E-state index contributed by atoms with van der Waals surface area (Å²) in [6, 6.07) is 0. The van der Waals surface area contributed by atoms with Crippen LogP contribution in [0.15, 0.2) is 10.9 Å². The molecular weight excluding hydrogens is 224 g/mol. The number of aromatic nitrogens is 1. The minimum atomic E-state index is -0.0938. The SMILES string of the molecule is O=C1CC(c2cscn2)C2(CCOCC2)N1. The quantitative estimate of drug-likeness (QED) is 0.802. The molecule has 0 aliphatic carbocycles. The highest BCUT2D eigenvalue weighted by molar-refractivity contribution is 7.07. The Morgan fingerprint density at radius 3 is 3.00 bits per heavy atom. The Morgan fingerprint density at radius 1 is 1.50 bits per heavy atom. The smallest absolute Gasteiger partial charge is 0.221 e. The topological polar surface area (TPSA) is 51.2 Å². The van der Waals surface area contributed by atoms with E-state index in [1.165, 1.54) is 0 Å². The lowest BCUT2D eigenvalue weighted by molar-refractivity contribution is -0.120. The van der Waals surface area contributed by atoms with Crippen LogP contribution in [-0.2, 0) is 9.53 Å². The van der Waals surface area contributed by atoms with E-state index in [2.05, 4.69) is 15.7 Å². The van der Waals surface area contributed by atoms with E-state index in [9.17, 15) is 4.79 Å². The molecule has 1 aromatic rings. The van der Waals surface area contributed by atoms with Gasteiger partial charge in [-0.25, -0.2) is 4.98 Å². The molecule has 1 spiro atoms. The van der Waals surface area contributed by atoms with Crippen LogP contribution in [0.2, 0.25) is 0 Å². The van der Waals surface area contributed by atoms with E-state index in [4.69, 9.17) is 4.74 Å². The van der Waals surface area contributed by atoms with E-state index in [1.54, 1.807) is 11.3 Å². The third kappa shape index (κ3) is 1.55. The summed E-state index contributed by atoms with van der Waals surface area (Å²) in [6.07, 6.45) is 2.38. The standard InChI is InChI=1S/C11H14N2O2S/c14-10-5-8(9-6-16-7-12-9)11(13-10)1-3-15-4-2-11/h6-8H,1-5H2,(H,13,14). The molecule has 86 valence electrons. The Morgan fingerprint density at radius 2 is 2.31 bits per heavy atom. The largest absolute Gasteiger partial charge is 0.381 e. The second-order valence-electron chi connectivity index (χ2n) is 4.49. The second kappa shape index (κ2) is 3.82. The van der Waals surface area contributed by atoms with Crippen LogP contribution in [-0.4, -0.2) is 29.6 Å². The molecular formula is C11H14N2O2S. The highest BCUT2D eigenvalue weighted by atomic mass is 32.1. The number of amides is 1. The molecule has 2 aliphatic heterocycles. The van der Waals surface area contributed by atoms with Crippen molar-refractivity contribution >= 4 is 17.2 Å². The van der Waals surface area contributed by atoms with Crippen LogP contribution in [0.3, 0.4) is 0 Å². The normalized spacial score (nSPS) is 28.2. The average Bonchev–Trinajstić information content (AvgIpc) is 2.88. The van der Waals surface area contributed by atoms with Gasteiger partial charge in [0.05, 0.1) is 16.7 Å². The number of nitrogens with zero attached hydrogens (tertiary/aromatic N) is 1. The number of nitrogens with one attached hydrogen (secondary N) is 1. The fourth-order valence-electron chi connectivity index (χ4n) is 2.79. The first kappa shape index (κ1) is 10.2. The number of ether oxygens (including phenoxy) is 1. The van der Waals surface area contributed by atoms with Gasteiger partial charge in [0.15, 0.2) is 0 Å². The minimum absolute atomic E-state index is 0.0938. The highest BCUT2D eigenvalue weighted by Gasteiger charge is 2.48. The lowest BCUT2D eigenvalue weighted by atomic mass is 9.78. The van der Waals surface area contributed by atoms with Crippen molar-refractivity contribution in [1.29, 1.82) is 0 Å². The second-order valence-corrected chi connectivity index (χ2v) is 5.21.